The van der Waals surface area contributed by atoms with E-state index >= 15 is 0 Å². The zero-order valence-corrected chi connectivity index (χ0v) is 10.4. The summed E-state index contributed by atoms with van der Waals surface area (Å²) in [5, 5.41) is 0.658. The third-order valence-corrected chi connectivity index (χ3v) is 2.78. The summed E-state index contributed by atoms with van der Waals surface area (Å²) in [7, 11) is 0. The van der Waals surface area contributed by atoms with E-state index < -0.39 is 5.91 Å². The van der Waals surface area contributed by atoms with Crippen molar-refractivity contribution in [2.75, 3.05) is 0 Å². The van der Waals surface area contributed by atoms with Crippen molar-refractivity contribution in [1.29, 1.82) is 0 Å². The highest BCUT2D eigenvalue weighted by atomic mass is 35.5. The fourth-order valence-corrected chi connectivity index (χ4v) is 1.85. The number of rotatable bonds is 3. The maximum Gasteiger partial charge on any atom is 0.242 e. The fraction of sp³-hybridized carbons (Fsp3) is 0. The lowest BCUT2D eigenvalue weighted by Gasteiger charge is -2.07. The minimum atomic E-state index is -0.469. The largest absolute Gasteiger partial charge is 0.366 e. The molecule has 0 saturated carbocycles. The first-order valence-electron chi connectivity index (χ1n) is 5.49. The summed E-state index contributed by atoms with van der Waals surface area (Å²) in [6.07, 6.45) is 1.43. The van der Waals surface area contributed by atoms with Gasteiger partial charge in [-0.1, -0.05) is 54.1 Å². The van der Waals surface area contributed by atoms with Crippen molar-refractivity contribution < 1.29 is 4.79 Å². The van der Waals surface area contributed by atoms with Gasteiger partial charge in [0.15, 0.2) is 0 Å². The second kappa shape index (κ2) is 5.52. The summed E-state index contributed by atoms with van der Waals surface area (Å²) < 4.78 is 0. The van der Waals surface area contributed by atoms with Gasteiger partial charge in [-0.2, -0.15) is 0 Å². The zero-order valence-electron chi connectivity index (χ0n) is 9.64. The van der Waals surface area contributed by atoms with Crippen LogP contribution in [0.5, 0.6) is 0 Å². The second-order valence-electron chi connectivity index (χ2n) is 3.83. The highest BCUT2D eigenvalue weighted by Crippen LogP contribution is 2.24. The Kier molecular flexibility index (Phi) is 3.80. The van der Waals surface area contributed by atoms with Crippen molar-refractivity contribution in [1.82, 2.24) is 0 Å². The first-order valence-corrected chi connectivity index (χ1v) is 5.87. The van der Waals surface area contributed by atoms with E-state index in [0.29, 0.717) is 5.02 Å². The van der Waals surface area contributed by atoms with Crippen LogP contribution in [0.15, 0.2) is 60.7 Å². The van der Waals surface area contributed by atoms with Gasteiger partial charge in [-0.25, -0.2) is 0 Å². The highest BCUT2D eigenvalue weighted by molar-refractivity contribution is 6.30. The molecule has 0 atom stereocenters. The molecule has 0 aliphatic rings. The number of amides is 1. The van der Waals surface area contributed by atoms with Crippen LogP contribution in [0.25, 0.3) is 5.57 Å². The SMILES string of the molecule is NC(=O)C=C(c1ccccc1)c1ccc(Cl)cc1. The molecule has 0 saturated heterocycles. The van der Waals surface area contributed by atoms with Gasteiger partial charge in [-0.05, 0) is 28.8 Å². The third kappa shape index (κ3) is 2.99. The molecule has 2 rings (SSSR count). The van der Waals surface area contributed by atoms with Crippen LogP contribution in [0.1, 0.15) is 11.1 Å². The number of halogens is 1. The van der Waals surface area contributed by atoms with Gasteiger partial charge in [0.25, 0.3) is 0 Å². The van der Waals surface area contributed by atoms with Gasteiger partial charge in [0.2, 0.25) is 5.91 Å². The summed E-state index contributed by atoms with van der Waals surface area (Å²) in [6, 6.07) is 16.9. The Hall–Kier alpha value is -2.06. The first-order chi connectivity index (χ1) is 8.66. The molecular formula is C15H12ClNO. The van der Waals surface area contributed by atoms with E-state index in [-0.39, 0.29) is 0 Å². The van der Waals surface area contributed by atoms with Crippen molar-refractivity contribution in [2.45, 2.75) is 0 Å². The molecule has 0 heterocycles. The van der Waals surface area contributed by atoms with Gasteiger partial charge < -0.3 is 5.73 Å². The predicted octanol–water partition coefficient (Wildman–Crippen LogP) is 3.26. The molecule has 2 aromatic rings. The number of carbonyl (C=O) groups excluding carboxylic acids is 1. The van der Waals surface area contributed by atoms with Crippen LogP contribution >= 0.6 is 11.6 Å². The quantitative estimate of drug-likeness (QED) is 0.843. The molecule has 0 fully saturated rings. The topological polar surface area (TPSA) is 43.1 Å². The van der Waals surface area contributed by atoms with E-state index in [0.717, 1.165) is 16.7 Å². The van der Waals surface area contributed by atoms with E-state index in [2.05, 4.69) is 0 Å². The molecule has 1 amide bonds. The van der Waals surface area contributed by atoms with Crippen molar-refractivity contribution in [2.24, 2.45) is 5.73 Å². The van der Waals surface area contributed by atoms with Crippen molar-refractivity contribution in [3.8, 4) is 0 Å². The molecule has 3 heteroatoms. The molecule has 0 unspecified atom stereocenters. The van der Waals surface area contributed by atoms with Crippen molar-refractivity contribution in [3.05, 3.63) is 76.8 Å². The number of hydrogen-bond acceptors (Lipinski definition) is 1. The molecule has 0 aromatic heterocycles. The Balaban J connectivity index is 2.51. The van der Waals surface area contributed by atoms with Crippen LogP contribution in [0, 0.1) is 0 Å². The Morgan fingerprint density at radius 3 is 2.06 bits per heavy atom. The summed E-state index contributed by atoms with van der Waals surface area (Å²) in [5.74, 6) is -0.469. The highest BCUT2D eigenvalue weighted by Gasteiger charge is 2.06. The second-order valence-corrected chi connectivity index (χ2v) is 4.27. The van der Waals surface area contributed by atoms with Crippen LogP contribution in [0.4, 0.5) is 0 Å². The Bertz CT molecular complexity index is 573. The average molecular weight is 258 g/mol. The predicted molar refractivity (Wildman–Crippen MR) is 74.2 cm³/mol. The van der Waals surface area contributed by atoms with E-state index in [1.807, 2.05) is 42.5 Å². The van der Waals surface area contributed by atoms with Crippen molar-refractivity contribution >= 4 is 23.1 Å². The molecule has 0 spiro atoms. The van der Waals surface area contributed by atoms with E-state index in [1.54, 1.807) is 12.1 Å². The summed E-state index contributed by atoms with van der Waals surface area (Å²) in [5.41, 5.74) is 7.90. The lowest BCUT2D eigenvalue weighted by molar-refractivity contribution is -0.113. The molecule has 2 aromatic carbocycles. The third-order valence-electron chi connectivity index (χ3n) is 2.53. The smallest absolute Gasteiger partial charge is 0.242 e. The normalized spacial score (nSPS) is 11.3. The Labute approximate surface area is 111 Å². The van der Waals surface area contributed by atoms with Gasteiger partial charge in [0, 0.05) is 11.1 Å². The Morgan fingerprint density at radius 1 is 0.944 bits per heavy atom. The molecule has 0 bridgehead atoms. The van der Waals surface area contributed by atoms with Gasteiger partial charge in [-0.3, -0.25) is 4.79 Å². The minimum absolute atomic E-state index is 0.469. The summed E-state index contributed by atoms with van der Waals surface area (Å²) in [6.45, 7) is 0. The standard InChI is InChI=1S/C15H12ClNO/c16-13-8-6-12(7-9-13)14(10-15(17)18)11-4-2-1-3-5-11/h1-10H,(H2,17,18). The molecule has 0 aliphatic heterocycles. The van der Waals surface area contributed by atoms with Gasteiger partial charge in [0.1, 0.15) is 0 Å². The molecule has 0 aliphatic carbocycles. The maximum atomic E-state index is 11.1. The Morgan fingerprint density at radius 2 is 1.50 bits per heavy atom. The van der Waals surface area contributed by atoms with E-state index in [4.69, 9.17) is 17.3 Å². The monoisotopic (exact) mass is 257 g/mol. The number of nitrogens with two attached hydrogens (primary N) is 1. The summed E-state index contributed by atoms with van der Waals surface area (Å²) in [4.78, 5) is 11.1. The van der Waals surface area contributed by atoms with Crippen LogP contribution in [-0.2, 0) is 4.79 Å². The molecule has 18 heavy (non-hydrogen) atoms. The summed E-state index contributed by atoms with van der Waals surface area (Å²) >= 11 is 5.86. The molecule has 2 N–H and O–H groups in total. The van der Waals surface area contributed by atoms with E-state index in [9.17, 15) is 4.79 Å². The molecule has 2 nitrogen and oxygen atoms in total. The van der Waals surface area contributed by atoms with Crippen LogP contribution < -0.4 is 5.73 Å². The number of hydrogen-bond donors (Lipinski definition) is 1. The van der Waals surface area contributed by atoms with Gasteiger partial charge >= 0.3 is 0 Å². The number of benzene rings is 2. The molecular weight excluding hydrogens is 246 g/mol. The first kappa shape index (κ1) is 12.4. The minimum Gasteiger partial charge on any atom is -0.366 e. The van der Waals surface area contributed by atoms with Gasteiger partial charge in [0.05, 0.1) is 0 Å². The average Bonchev–Trinajstić information content (AvgIpc) is 2.38. The number of primary amides is 1. The maximum absolute atomic E-state index is 11.1. The fourth-order valence-electron chi connectivity index (χ4n) is 1.72. The van der Waals surface area contributed by atoms with Gasteiger partial charge in [-0.15, -0.1) is 0 Å². The van der Waals surface area contributed by atoms with E-state index in [1.165, 1.54) is 6.08 Å². The lowest BCUT2D eigenvalue weighted by Crippen LogP contribution is -2.07. The molecule has 0 radical (unpaired) electrons. The number of carbonyl (C=O) groups is 1. The van der Waals surface area contributed by atoms with Crippen molar-refractivity contribution in [3.63, 3.8) is 0 Å². The van der Waals surface area contributed by atoms with Crippen LogP contribution in [-0.4, -0.2) is 5.91 Å². The lowest BCUT2D eigenvalue weighted by atomic mass is 9.97. The molecule has 90 valence electrons. The van der Waals surface area contributed by atoms with Crippen LogP contribution in [0.2, 0.25) is 5.02 Å². The zero-order chi connectivity index (χ0) is 13.0. The van der Waals surface area contributed by atoms with Crippen LogP contribution in [0.3, 0.4) is 0 Å².